The van der Waals surface area contributed by atoms with Gasteiger partial charge in [0.2, 0.25) is 0 Å². The Morgan fingerprint density at radius 2 is 2.12 bits per heavy atom. The van der Waals surface area contributed by atoms with E-state index in [0.717, 1.165) is 18.2 Å². The number of halogens is 3. The maximum atomic E-state index is 13.1. The molecule has 0 bridgehead atoms. The maximum absolute atomic E-state index is 13.1. The molecule has 0 spiro atoms. The Hall–Kier alpha value is -1.56. The minimum absolute atomic E-state index is 0.0561. The zero-order valence-corrected chi connectivity index (χ0v) is 8.21. The second-order valence-electron chi connectivity index (χ2n) is 3.13. The Labute approximate surface area is 89.9 Å². The second-order valence-corrected chi connectivity index (χ2v) is 3.13. The summed E-state index contributed by atoms with van der Waals surface area (Å²) in [6, 6.07) is 3.24. The van der Waals surface area contributed by atoms with Crippen LogP contribution in [0.15, 0.2) is 18.2 Å². The lowest BCUT2D eigenvalue weighted by atomic mass is 10.1. The Bertz CT molecular complexity index is 382. The van der Waals surface area contributed by atoms with Crippen LogP contribution in [0.2, 0.25) is 0 Å². The van der Waals surface area contributed by atoms with Gasteiger partial charge in [-0.25, -0.2) is 18.0 Å². The normalized spacial score (nSPS) is 10.8. The number of rotatable bonds is 5. The van der Waals surface area contributed by atoms with E-state index in [-0.39, 0.29) is 17.7 Å². The molecule has 2 N–H and O–H groups in total. The molecule has 0 atom stereocenters. The van der Waals surface area contributed by atoms with Gasteiger partial charge < -0.3 is 10.4 Å². The lowest BCUT2D eigenvalue weighted by Crippen LogP contribution is -2.21. The summed E-state index contributed by atoms with van der Waals surface area (Å²) in [5, 5.41) is 11.0. The van der Waals surface area contributed by atoms with E-state index in [1.807, 2.05) is 0 Å². The van der Waals surface area contributed by atoms with Gasteiger partial charge in [0.25, 0.3) is 6.43 Å². The highest BCUT2D eigenvalue weighted by atomic mass is 19.3. The monoisotopic (exact) mass is 233 g/mol. The molecule has 0 unspecified atom stereocenters. The van der Waals surface area contributed by atoms with Crippen LogP contribution in [0.4, 0.5) is 13.2 Å². The standard InChI is InChI=1S/C10H10F3NO2/c11-8-2-1-6(10(15)16)3-7(8)4-14-5-9(12)13/h1-3,9,14H,4-5H2,(H,15,16). The number of alkyl halides is 2. The van der Waals surface area contributed by atoms with Crippen LogP contribution in [0.1, 0.15) is 15.9 Å². The molecular weight excluding hydrogens is 223 g/mol. The molecule has 1 aromatic rings. The largest absolute Gasteiger partial charge is 0.478 e. The van der Waals surface area contributed by atoms with Gasteiger partial charge in [0.15, 0.2) is 0 Å². The van der Waals surface area contributed by atoms with E-state index in [9.17, 15) is 18.0 Å². The predicted molar refractivity (Wildman–Crippen MR) is 51.1 cm³/mol. The molecule has 0 radical (unpaired) electrons. The molecule has 0 saturated carbocycles. The minimum Gasteiger partial charge on any atom is -0.478 e. The molecule has 0 aromatic heterocycles. The van der Waals surface area contributed by atoms with E-state index in [1.54, 1.807) is 0 Å². The number of hydrogen-bond acceptors (Lipinski definition) is 2. The third-order valence-electron chi connectivity index (χ3n) is 1.91. The third kappa shape index (κ3) is 3.54. The number of carboxylic acid groups (broad SMARTS) is 1. The molecule has 1 rings (SSSR count). The first-order chi connectivity index (χ1) is 7.50. The number of nitrogens with one attached hydrogen (secondary N) is 1. The number of carbonyl (C=O) groups is 1. The highest BCUT2D eigenvalue weighted by Gasteiger charge is 2.09. The molecule has 16 heavy (non-hydrogen) atoms. The van der Waals surface area contributed by atoms with Crippen molar-refractivity contribution in [2.45, 2.75) is 13.0 Å². The Morgan fingerprint density at radius 1 is 1.44 bits per heavy atom. The van der Waals surface area contributed by atoms with Crippen molar-refractivity contribution >= 4 is 5.97 Å². The molecular formula is C10H10F3NO2. The predicted octanol–water partition coefficient (Wildman–Crippen LogP) is 1.88. The van der Waals surface area contributed by atoms with Gasteiger partial charge in [0.1, 0.15) is 5.82 Å². The van der Waals surface area contributed by atoms with E-state index >= 15 is 0 Å². The van der Waals surface area contributed by atoms with Crippen LogP contribution in [0.5, 0.6) is 0 Å². The average molecular weight is 233 g/mol. The molecule has 0 fully saturated rings. The van der Waals surface area contributed by atoms with Crippen LogP contribution in [-0.4, -0.2) is 24.0 Å². The van der Waals surface area contributed by atoms with Crippen LogP contribution in [0.25, 0.3) is 0 Å². The number of aromatic carboxylic acids is 1. The van der Waals surface area contributed by atoms with Crippen molar-refractivity contribution in [1.29, 1.82) is 0 Å². The summed E-state index contributed by atoms with van der Waals surface area (Å²) in [7, 11) is 0. The Balaban J connectivity index is 2.70. The van der Waals surface area contributed by atoms with E-state index < -0.39 is 24.8 Å². The van der Waals surface area contributed by atoms with Gasteiger partial charge >= 0.3 is 5.97 Å². The maximum Gasteiger partial charge on any atom is 0.335 e. The Kier molecular flexibility index (Phi) is 4.30. The summed E-state index contributed by atoms with van der Waals surface area (Å²) in [6.07, 6.45) is -2.52. The zero-order valence-electron chi connectivity index (χ0n) is 8.21. The summed E-state index contributed by atoms with van der Waals surface area (Å²) in [5.74, 6) is -1.80. The van der Waals surface area contributed by atoms with Crippen molar-refractivity contribution in [3.8, 4) is 0 Å². The van der Waals surface area contributed by atoms with Crippen LogP contribution in [-0.2, 0) is 6.54 Å². The number of benzene rings is 1. The summed E-state index contributed by atoms with van der Waals surface area (Å²) in [4.78, 5) is 10.6. The molecule has 0 amide bonds. The smallest absolute Gasteiger partial charge is 0.335 e. The second kappa shape index (κ2) is 5.50. The van der Waals surface area contributed by atoms with Crippen molar-refractivity contribution in [2.75, 3.05) is 6.54 Å². The van der Waals surface area contributed by atoms with Crippen LogP contribution >= 0.6 is 0 Å². The van der Waals surface area contributed by atoms with Crippen molar-refractivity contribution in [3.63, 3.8) is 0 Å². The number of hydrogen-bond donors (Lipinski definition) is 2. The van der Waals surface area contributed by atoms with Crippen molar-refractivity contribution in [3.05, 3.63) is 35.1 Å². The fourth-order valence-electron chi connectivity index (χ4n) is 1.16. The SMILES string of the molecule is O=C(O)c1ccc(F)c(CNCC(F)F)c1. The average Bonchev–Trinajstić information content (AvgIpc) is 2.20. The molecule has 88 valence electrons. The molecule has 0 aliphatic carbocycles. The van der Waals surface area contributed by atoms with E-state index in [2.05, 4.69) is 5.32 Å². The molecule has 0 aliphatic heterocycles. The van der Waals surface area contributed by atoms with Crippen molar-refractivity contribution in [1.82, 2.24) is 5.32 Å². The first kappa shape index (κ1) is 12.5. The van der Waals surface area contributed by atoms with Gasteiger partial charge in [0.05, 0.1) is 12.1 Å². The molecule has 3 nitrogen and oxygen atoms in total. The summed E-state index contributed by atoms with van der Waals surface area (Å²) >= 11 is 0. The van der Waals surface area contributed by atoms with Gasteiger partial charge in [-0.05, 0) is 18.2 Å². The highest BCUT2D eigenvalue weighted by molar-refractivity contribution is 5.87. The topological polar surface area (TPSA) is 49.3 Å². The van der Waals surface area contributed by atoms with Crippen LogP contribution in [0, 0.1) is 5.82 Å². The fraction of sp³-hybridized carbons (Fsp3) is 0.300. The van der Waals surface area contributed by atoms with Gasteiger partial charge in [-0.15, -0.1) is 0 Å². The van der Waals surface area contributed by atoms with Gasteiger partial charge in [-0.2, -0.15) is 0 Å². The minimum atomic E-state index is -2.52. The molecule has 6 heteroatoms. The lowest BCUT2D eigenvalue weighted by Gasteiger charge is -2.06. The Morgan fingerprint density at radius 3 is 2.69 bits per heavy atom. The van der Waals surface area contributed by atoms with Gasteiger partial charge in [0, 0.05) is 12.1 Å². The first-order valence-electron chi connectivity index (χ1n) is 4.51. The molecule has 0 aliphatic rings. The van der Waals surface area contributed by atoms with E-state index in [4.69, 9.17) is 5.11 Å². The quantitative estimate of drug-likeness (QED) is 0.816. The zero-order chi connectivity index (χ0) is 12.1. The van der Waals surface area contributed by atoms with Crippen molar-refractivity contribution < 1.29 is 23.1 Å². The number of carboxylic acids is 1. The third-order valence-corrected chi connectivity index (χ3v) is 1.91. The molecule has 1 aromatic carbocycles. The van der Waals surface area contributed by atoms with Gasteiger partial charge in [-0.1, -0.05) is 0 Å². The van der Waals surface area contributed by atoms with Crippen LogP contribution < -0.4 is 5.32 Å². The fourth-order valence-corrected chi connectivity index (χ4v) is 1.16. The van der Waals surface area contributed by atoms with Crippen LogP contribution in [0.3, 0.4) is 0 Å². The summed E-state index contributed by atoms with van der Waals surface area (Å²) in [6.45, 7) is -0.686. The molecule has 0 saturated heterocycles. The molecule has 0 heterocycles. The van der Waals surface area contributed by atoms with E-state index in [1.165, 1.54) is 0 Å². The van der Waals surface area contributed by atoms with Gasteiger partial charge in [-0.3, -0.25) is 0 Å². The van der Waals surface area contributed by atoms with Crippen molar-refractivity contribution in [2.24, 2.45) is 0 Å². The summed E-state index contributed by atoms with van der Waals surface area (Å²) in [5.41, 5.74) is -0.0178. The first-order valence-corrected chi connectivity index (χ1v) is 4.51. The summed E-state index contributed by atoms with van der Waals surface area (Å²) < 4.78 is 36.7. The highest BCUT2D eigenvalue weighted by Crippen LogP contribution is 2.10. The lowest BCUT2D eigenvalue weighted by molar-refractivity contribution is 0.0696. The van der Waals surface area contributed by atoms with E-state index in [0.29, 0.717) is 0 Å².